The largest absolute Gasteiger partial charge is 0.478 e. The zero-order valence-corrected chi connectivity index (χ0v) is 22.9. The molecular formula is C32H30Cl2FNO2. The molecule has 1 N–H and O–H groups in total. The first-order valence-corrected chi connectivity index (χ1v) is 13.8. The fourth-order valence-corrected chi connectivity index (χ4v) is 6.38. The minimum atomic E-state index is -1.12. The van der Waals surface area contributed by atoms with Gasteiger partial charge in [0.05, 0.1) is 22.3 Å². The van der Waals surface area contributed by atoms with Gasteiger partial charge in [-0.05, 0) is 77.1 Å². The van der Waals surface area contributed by atoms with E-state index in [9.17, 15) is 14.3 Å². The van der Waals surface area contributed by atoms with E-state index in [1.165, 1.54) is 5.57 Å². The summed E-state index contributed by atoms with van der Waals surface area (Å²) in [5, 5.41) is 10.4. The monoisotopic (exact) mass is 549 g/mol. The first-order chi connectivity index (χ1) is 18.4. The van der Waals surface area contributed by atoms with E-state index in [2.05, 4.69) is 42.2 Å². The molecule has 1 aliphatic heterocycles. The van der Waals surface area contributed by atoms with Gasteiger partial charge in [-0.15, -0.1) is 0 Å². The number of aryl methyl sites for hydroxylation is 1. The number of nitrogens with zero attached hydrogens (tertiary/aromatic N) is 1. The third-order valence-corrected chi connectivity index (χ3v) is 8.17. The van der Waals surface area contributed by atoms with Gasteiger partial charge in [0.2, 0.25) is 0 Å². The lowest BCUT2D eigenvalue weighted by Crippen LogP contribution is -2.40. The van der Waals surface area contributed by atoms with E-state index in [1.54, 1.807) is 0 Å². The summed E-state index contributed by atoms with van der Waals surface area (Å²) in [5.74, 6) is -1.12. The van der Waals surface area contributed by atoms with E-state index >= 15 is 0 Å². The average molecular weight is 551 g/mol. The Kier molecular flexibility index (Phi) is 8.04. The van der Waals surface area contributed by atoms with Gasteiger partial charge in [-0.3, -0.25) is 9.29 Å². The lowest BCUT2D eigenvalue weighted by Gasteiger charge is -2.33. The Morgan fingerprint density at radius 2 is 1.84 bits per heavy atom. The summed E-state index contributed by atoms with van der Waals surface area (Å²) in [5.41, 5.74) is 9.04. The topological polar surface area (TPSA) is 40.5 Å². The number of alkyl halides is 1. The Hall–Kier alpha value is -2.92. The van der Waals surface area contributed by atoms with Crippen LogP contribution in [0, 0.1) is 6.92 Å². The molecule has 0 spiro atoms. The van der Waals surface area contributed by atoms with Crippen LogP contribution in [0.15, 0.2) is 60.2 Å². The van der Waals surface area contributed by atoms with Gasteiger partial charge in [-0.1, -0.05) is 83.9 Å². The van der Waals surface area contributed by atoms with Crippen LogP contribution >= 0.6 is 23.2 Å². The predicted molar refractivity (Wildman–Crippen MR) is 155 cm³/mol. The third-order valence-electron chi connectivity index (χ3n) is 7.37. The molecule has 0 amide bonds. The van der Waals surface area contributed by atoms with Crippen LogP contribution in [0.5, 0.6) is 0 Å². The van der Waals surface area contributed by atoms with Crippen molar-refractivity contribution in [3.63, 3.8) is 0 Å². The molecule has 1 fully saturated rings. The molecule has 2 aliphatic rings. The Balaban J connectivity index is 1.60. The molecule has 196 valence electrons. The molecule has 1 heterocycles. The average Bonchev–Trinajstić information content (AvgIpc) is 3.09. The molecule has 6 heteroatoms. The van der Waals surface area contributed by atoms with Gasteiger partial charge in [0, 0.05) is 25.2 Å². The minimum Gasteiger partial charge on any atom is -0.478 e. The van der Waals surface area contributed by atoms with E-state index in [0.717, 1.165) is 71.4 Å². The smallest absolute Gasteiger partial charge is 0.338 e. The van der Waals surface area contributed by atoms with Gasteiger partial charge >= 0.3 is 5.97 Å². The molecule has 0 bridgehead atoms. The number of carbonyl (C=O) groups is 1. The predicted octanol–water partition coefficient (Wildman–Crippen LogP) is 8.49. The molecule has 0 unspecified atom stereocenters. The maximum atomic E-state index is 12.4. The maximum absolute atomic E-state index is 12.4. The summed E-state index contributed by atoms with van der Waals surface area (Å²) in [7, 11) is 0. The maximum Gasteiger partial charge on any atom is 0.338 e. The van der Waals surface area contributed by atoms with Crippen molar-refractivity contribution in [1.82, 2.24) is 4.90 Å². The third kappa shape index (κ3) is 5.18. The summed E-state index contributed by atoms with van der Waals surface area (Å²) < 4.78 is 12.4. The van der Waals surface area contributed by atoms with Crippen molar-refractivity contribution < 1.29 is 14.3 Å². The zero-order valence-electron chi connectivity index (χ0n) is 21.4. The van der Waals surface area contributed by atoms with Gasteiger partial charge < -0.3 is 5.11 Å². The van der Waals surface area contributed by atoms with Gasteiger partial charge in [0.15, 0.2) is 0 Å². The number of hydrogen-bond donors (Lipinski definition) is 1. The van der Waals surface area contributed by atoms with Crippen molar-refractivity contribution in [2.45, 2.75) is 32.6 Å². The number of aromatic carboxylic acids is 1. The first kappa shape index (κ1) is 26.7. The summed E-state index contributed by atoms with van der Waals surface area (Å²) in [4.78, 5) is 14.5. The summed E-state index contributed by atoms with van der Waals surface area (Å²) >= 11 is 13.6. The van der Waals surface area contributed by atoms with Crippen LogP contribution < -0.4 is 0 Å². The normalized spacial score (nSPS) is 15.4. The molecule has 5 rings (SSSR count). The van der Waals surface area contributed by atoms with E-state index in [1.807, 2.05) is 30.3 Å². The van der Waals surface area contributed by atoms with Gasteiger partial charge in [0.25, 0.3) is 0 Å². The number of carboxylic acids is 1. The molecule has 0 radical (unpaired) electrons. The molecule has 3 aromatic carbocycles. The van der Waals surface area contributed by atoms with Crippen LogP contribution in [0.3, 0.4) is 0 Å². The molecule has 3 nitrogen and oxygen atoms in total. The molecule has 0 aromatic heterocycles. The fraction of sp³-hybridized carbons (Fsp3) is 0.281. The van der Waals surface area contributed by atoms with Crippen LogP contribution in [0.1, 0.15) is 57.4 Å². The second kappa shape index (κ2) is 11.4. The number of benzene rings is 3. The highest BCUT2D eigenvalue weighted by molar-refractivity contribution is 6.42. The highest BCUT2D eigenvalue weighted by Gasteiger charge is 2.29. The Morgan fingerprint density at radius 1 is 1.08 bits per heavy atom. The summed E-state index contributed by atoms with van der Waals surface area (Å²) in [6.07, 6.45) is 7.45. The molecule has 1 aliphatic carbocycles. The van der Waals surface area contributed by atoms with Crippen LogP contribution in [0.2, 0.25) is 10.0 Å². The molecular weight excluding hydrogens is 520 g/mol. The second-order valence-corrected chi connectivity index (χ2v) is 10.8. The van der Waals surface area contributed by atoms with Gasteiger partial charge in [-0.25, -0.2) is 4.79 Å². The Labute approximate surface area is 233 Å². The fourth-order valence-electron chi connectivity index (χ4n) is 5.59. The SMILES string of the molecule is Cc1cc(C=C2CN(CCCF)C2)ccc1C1=CCCCc2c(Cl)c(C(=O)O)c(Cl)c(-c3ccccc3)c21. The highest BCUT2D eigenvalue weighted by Crippen LogP contribution is 2.47. The van der Waals surface area contributed by atoms with Gasteiger partial charge in [0.1, 0.15) is 0 Å². The van der Waals surface area contributed by atoms with Crippen molar-refractivity contribution >= 4 is 40.8 Å². The number of allylic oxidation sites excluding steroid dienone is 1. The lowest BCUT2D eigenvalue weighted by molar-refractivity contribution is 0.0697. The molecule has 38 heavy (non-hydrogen) atoms. The minimum absolute atomic E-state index is 0.0352. The van der Waals surface area contributed by atoms with Crippen LogP contribution in [-0.4, -0.2) is 42.3 Å². The summed E-state index contributed by atoms with van der Waals surface area (Å²) in [6.45, 7) is 4.42. The Bertz CT molecular complexity index is 1440. The van der Waals surface area contributed by atoms with Gasteiger partial charge in [-0.2, -0.15) is 0 Å². The molecule has 0 atom stereocenters. The quantitative estimate of drug-likeness (QED) is 0.321. The number of fused-ring (bicyclic) bond motifs is 1. The molecule has 0 saturated carbocycles. The second-order valence-electron chi connectivity index (χ2n) is 10.0. The highest BCUT2D eigenvalue weighted by atomic mass is 35.5. The zero-order chi connectivity index (χ0) is 26.8. The lowest BCUT2D eigenvalue weighted by atomic mass is 9.83. The van der Waals surface area contributed by atoms with E-state index in [-0.39, 0.29) is 22.3 Å². The number of hydrogen-bond acceptors (Lipinski definition) is 2. The summed E-state index contributed by atoms with van der Waals surface area (Å²) in [6, 6.07) is 16.2. The van der Waals surface area contributed by atoms with Crippen LogP contribution in [0.25, 0.3) is 22.8 Å². The van der Waals surface area contributed by atoms with E-state index in [0.29, 0.717) is 18.4 Å². The van der Waals surface area contributed by atoms with E-state index in [4.69, 9.17) is 23.2 Å². The first-order valence-electron chi connectivity index (χ1n) is 13.0. The Morgan fingerprint density at radius 3 is 2.53 bits per heavy atom. The number of halogens is 3. The van der Waals surface area contributed by atoms with Crippen molar-refractivity contribution in [3.05, 3.63) is 104 Å². The van der Waals surface area contributed by atoms with Crippen LogP contribution in [-0.2, 0) is 6.42 Å². The molecule has 3 aromatic rings. The molecule has 1 saturated heterocycles. The van der Waals surface area contributed by atoms with Crippen molar-refractivity contribution in [3.8, 4) is 11.1 Å². The van der Waals surface area contributed by atoms with Crippen molar-refractivity contribution in [2.24, 2.45) is 0 Å². The number of carboxylic acid groups (broad SMARTS) is 1. The standard InChI is InChI=1S/C32H30Cl2FNO2/c1-20-16-21(17-22-18-36(19-22)15-7-14-35)12-13-24(20)25-10-5-6-11-26-28(25)27(23-8-3-2-4-9-23)31(34)29(30(26)33)32(37)38/h2-4,8-10,12-13,16-17H,5-7,11,14-15,18-19H2,1H3,(H,37,38). The van der Waals surface area contributed by atoms with Crippen LogP contribution in [0.4, 0.5) is 4.39 Å². The number of likely N-dealkylation sites (tertiary alicyclic amines) is 1. The van der Waals surface area contributed by atoms with E-state index < -0.39 is 5.97 Å². The number of rotatable bonds is 7. The van der Waals surface area contributed by atoms with Crippen molar-refractivity contribution in [1.29, 1.82) is 0 Å². The van der Waals surface area contributed by atoms with Crippen molar-refractivity contribution in [2.75, 3.05) is 26.3 Å².